The third-order valence-electron chi connectivity index (χ3n) is 6.20. The predicted molar refractivity (Wildman–Crippen MR) is 119 cm³/mol. The molecule has 0 saturated heterocycles. The molecule has 1 unspecified atom stereocenters. The molecule has 2 rings (SSSR count). The van der Waals surface area contributed by atoms with Gasteiger partial charge in [0.05, 0.1) is 18.2 Å². The van der Waals surface area contributed by atoms with Crippen LogP contribution in [-0.4, -0.2) is 36.0 Å². The minimum absolute atomic E-state index is 0.0236. The van der Waals surface area contributed by atoms with Crippen molar-refractivity contribution in [1.29, 1.82) is 0 Å². The lowest BCUT2D eigenvalue weighted by Gasteiger charge is -2.27. The predicted octanol–water partition coefficient (Wildman–Crippen LogP) is 4.43. The van der Waals surface area contributed by atoms with Gasteiger partial charge < -0.3 is 16.6 Å². The van der Waals surface area contributed by atoms with Gasteiger partial charge in [-0.15, -0.1) is 0 Å². The van der Waals surface area contributed by atoms with Crippen LogP contribution in [-0.2, 0) is 6.18 Å². The second-order valence-corrected chi connectivity index (χ2v) is 8.56. The van der Waals surface area contributed by atoms with E-state index < -0.39 is 11.7 Å². The molecule has 1 aliphatic carbocycles. The van der Waals surface area contributed by atoms with Gasteiger partial charge in [0.2, 0.25) is 0 Å². The van der Waals surface area contributed by atoms with Gasteiger partial charge in [0.25, 0.3) is 0 Å². The molecule has 5 nitrogen and oxygen atoms in total. The molecule has 174 valence electrons. The maximum absolute atomic E-state index is 13.0. The van der Waals surface area contributed by atoms with Crippen LogP contribution in [0, 0.1) is 18.8 Å². The minimum Gasteiger partial charge on any atom is -0.396 e. The normalized spacial score (nSPS) is 21.9. The van der Waals surface area contributed by atoms with Gasteiger partial charge in [-0.1, -0.05) is 25.8 Å². The van der Waals surface area contributed by atoms with Crippen LogP contribution in [0.2, 0.25) is 0 Å². The van der Waals surface area contributed by atoms with Crippen molar-refractivity contribution in [3.05, 3.63) is 34.9 Å². The van der Waals surface area contributed by atoms with E-state index in [0.29, 0.717) is 23.2 Å². The zero-order chi connectivity index (χ0) is 23.0. The second kappa shape index (κ2) is 11.5. The molecule has 1 aromatic carbocycles. The molecule has 1 atom stereocenters. The lowest BCUT2D eigenvalue weighted by atomic mass is 9.80. The van der Waals surface area contributed by atoms with Crippen molar-refractivity contribution < 1.29 is 18.3 Å². The highest BCUT2D eigenvalue weighted by atomic mass is 19.4. The molecular weight excluding hydrogens is 405 g/mol. The van der Waals surface area contributed by atoms with Crippen molar-refractivity contribution in [2.45, 2.75) is 71.0 Å². The van der Waals surface area contributed by atoms with E-state index in [0.717, 1.165) is 57.1 Å². The zero-order valence-electron chi connectivity index (χ0n) is 18.5. The van der Waals surface area contributed by atoms with E-state index in [1.165, 1.54) is 6.07 Å². The molecule has 0 amide bonds. The molecule has 1 saturated carbocycles. The van der Waals surface area contributed by atoms with Crippen LogP contribution >= 0.6 is 0 Å². The number of rotatable bonds is 9. The lowest BCUT2D eigenvalue weighted by Crippen LogP contribution is -2.24. The van der Waals surface area contributed by atoms with E-state index in [1.54, 1.807) is 6.92 Å². The Balaban J connectivity index is 1.94. The fourth-order valence-corrected chi connectivity index (χ4v) is 4.09. The molecule has 0 aromatic heterocycles. The first-order valence-electron chi connectivity index (χ1n) is 11.0. The summed E-state index contributed by atoms with van der Waals surface area (Å²) in [6.45, 7) is 4.10. The second-order valence-electron chi connectivity index (χ2n) is 8.56. The first-order chi connectivity index (χ1) is 14.6. The summed E-state index contributed by atoms with van der Waals surface area (Å²) in [5.41, 5.74) is 12.1. The van der Waals surface area contributed by atoms with Gasteiger partial charge in [-0.3, -0.25) is 9.98 Å². The van der Waals surface area contributed by atoms with Crippen molar-refractivity contribution >= 4 is 11.7 Å². The molecule has 0 bridgehead atoms. The molecule has 0 radical (unpaired) electrons. The highest BCUT2D eigenvalue weighted by Crippen LogP contribution is 2.32. The van der Waals surface area contributed by atoms with Crippen LogP contribution in [0.1, 0.15) is 68.6 Å². The number of benzene rings is 1. The number of halogens is 3. The Morgan fingerprint density at radius 2 is 1.81 bits per heavy atom. The smallest absolute Gasteiger partial charge is 0.396 e. The van der Waals surface area contributed by atoms with E-state index in [2.05, 4.69) is 16.9 Å². The third kappa shape index (κ3) is 7.83. The van der Waals surface area contributed by atoms with Gasteiger partial charge in [-0.2, -0.15) is 13.2 Å². The Bertz CT molecular complexity index is 769. The van der Waals surface area contributed by atoms with Crippen LogP contribution in [0.15, 0.2) is 28.2 Å². The maximum Gasteiger partial charge on any atom is 0.416 e. The molecule has 1 aliphatic rings. The Hall–Kier alpha value is -2.09. The first-order valence-corrected chi connectivity index (χ1v) is 11.0. The summed E-state index contributed by atoms with van der Waals surface area (Å²) >= 11 is 0. The van der Waals surface area contributed by atoms with Crippen molar-refractivity contribution in [3.63, 3.8) is 0 Å². The van der Waals surface area contributed by atoms with Gasteiger partial charge in [0.15, 0.2) is 0 Å². The number of hydrogen-bond donors (Lipinski definition) is 3. The number of hydrogen-bond acceptors (Lipinski definition) is 3. The highest BCUT2D eigenvalue weighted by Gasteiger charge is 2.31. The summed E-state index contributed by atoms with van der Waals surface area (Å²) in [5, 5.41) is 9.26. The quantitative estimate of drug-likeness (QED) is 0.391. The first kappa shape index (κ1) is 25.2. The number of amidine groups is 2. The molecular formula is C23H35F3N4O. The van der Waals surface area contributed by atoms with E-state index in [4.69, 9.17) is 11.5 Å². The number of aliphatic hydroxyl groups is 1. The average Bonchev–Trinajstić information content (AvgIpc) is 2.74. The fraction of sp³-hybridized carbons (Fsp3) is 0.652. The summed E-state index contributed by atoms with van der Waals surface area (Å²) in [4.78, 5) is 8.75. The van der Waals surface area contributed by atoms with Crippen LogP contribution in [0.25, 0.3) is 0 Å². The Morgan fingerprint density at radius 1 is 1.16 bits per heavy atom. The number of nitrogens with zero attached hydrogens (tertiary/aromatic N) is 2. The number of aliphatic hydroxyl groups excluding tert-OH is 1. The Kier molecular flexibility index (Phi) is 9.34. The Labute approximate surface area is 182 Å². The van der Waals surface area contributed by atoms with Crippen molar-refractivity contribution in [1.82, 2.24) is 0 Å². The van der Waals surface area contributed by atoms with Gasteiger partial charge >= 0.3 is 6.18 Å². The Morgan fingerprint density at radius 3 is 2.39 bits per heavy atom. The van der Waals surface area contributed by atoms with Crippen molar-refractivity contribution in [3.8, 4) is 0 Å². The van der Waals surface area contributed by atoms with Gasteiger partial charge in [-0.25, -0.2) is 0 Å². The van der Waals surface area contributed by atoms with Crippen LogP contribution in [0.5, 0.6) is 0 Å². The molecule has 1 aromatic rings. The number of aliphatic imine (C=N–C) groups is 2. The van der Waals surface area contributed by atoms with E-state index in [9.17, 15) is 18.3 Å². The third-order valence-corrected chi connectivity index (χ3v) is 6.20. The van der Waals surface area contributed by atoms with Crippen molar-refractivity contribution in [2.24, 2.45) is 33.3 Å². The van der Waals surface area contributed by atoms with Crippen LogP contribution in [0.3, 0.4) is 0 Å². The fourth-order valence-electron chi connectivity index (χ4n) is 4.09. The van der Waals surface area contributed by atoms with E-state index in [1.807, 2.05) is 0 Å². The lowest BCUT2D eigenvalue weighted by molar-refractivity contribution is -0.137. The average molecular weight is 441 g/mol. The topological polar surface area (TPSA) is 97.0 Å². The van der Waals surface area contributed by atoms with Gasteiger partial charge in [0, 0.05) is 12.2 Å². The zero-order valence-corrected chi connectivity index (χ0v) is 18.5. The maximum atomic E-state index is 13.0. The molecule has 5 N–H and O–H groups in total. The van der Waals surface area contributed by atoms with Crippen LogP contribution < -0.4 is 11.5 Å². The monoisotopic (exact) mass is 440 g/mol. The molecule has 0 spiro atoms. The molecule has 0 aliphatic heterocycles. The largest absolute Gasteiger partial charge is 0.416 e. The summed E-state index contributed by atoms with van der Waals surface area (Å²) in [7, 11) is 0. The SMILES string of the molecule is CCC(CCC1CCC(CO)CC1)N=C(N)CN=C(N)c1cc(C(F)(F)F)ccc1C. The summed E-state index contributed by atoms with van der Waals surface area (Å²) in [5.74, 6) is 1.49. The van der Waals surface area contributed by atoms with E-state index in [-0.39, 0.29) is 30.6 Å². The van der Waals surface area contributed by atoms with Crippen molar-refractivity contribution in [2.75, 3.05) is 13.2 Å². The van der Waals surface area contributed by atoms with Gasteiger partial charge in [0.1, 0.15) is 11.7 Å². The summed E-state index contributed by atoms with van der Waals surface area (Å²) in [6, 6.07) is 3.53. The number of alkyl halides is 3. The standard InChI is InChI=1S/C23H35F3N4O/c1-3-19(11-9-16-5-7-17(14-31)8-6-16)30-21(27)13-29-22(28)20-12-18(23(24,25)26)10-4-15(20)2/h4,10,12,16-17,19,31H,3,5-9,11,13-14H2,1-2H3,(H2,27,30)(H2,28,29). The highest BCUT2D eigenvalue weighted by molar-refractivity contribution is 6.00. The number of aryl methyl sites for hydroxylation is 1. The van der Waals surface area contributed by atoms with E-state index >= 15 is 0 Å². The molecule has 8 heteroatoms. The molecule has 0 heterocycles. The molecule has 31 heavy (non-hydrogen) atoms. The van der Waals surface area contributed by atoms with Crippen LogP contribution in [0.4, 0.5) is 13.2 Å². The summed E-state index contributed by atoms with van der Waals surface area (Å²) in [6.07, 6.45) is 2.93. The van der Waals surface area contributed by atoms with Gasteiger partial charge in [-0.05, 0) is 68.6 Å². The molecule has 1 fully saturated rings. The summed E-state index contributed by atoms with van der Waals surface area (Å²) < 4.78 is 38.9. The number of nitrogens with two attached hydrogens (primary N) is 2. The minimum atomic E-state index is -4.44.